The highest BCUT2D eigenvalue weighted by molar-refractivity contribution is 7.99. The molecule has 0 radical (unpaired) electrons. The van der Waals surface area contributed by atoms with Gasteiger partial charge < -0.3 is 14.6 Å². The first-order valence-electron chi connectivity index (χ1n) is 10.0. The van der Waals surface area contributed by atoms with Crippen LogP contribution in [0.15, 0.2) is 47.6 Å². The Morgan fingerprint density at radius 3 is 2.45 bits per heavy atom. The Morgan fingerprint density at radius 1 is 1.10 bits per heavy atom. The monoisotopic (exact) mass is 478 g/mol. The topological polar surface area (TPSA) is 69.0 Å². The molecule has 0 saturated heterocycles. The summed E-state index contributed by atoms with van der Waals surface area (Å²) < 4.78 is 7.71. The van der Waals surface area contributed by atoms with E-state index in [2.05, 4.69) is 22.4 Å². The van der Waals surface area contributed by atoms with Gasteiger partial charge in [-0.2, -0.15) is 0 Å². The van der Waals surface area contributed by atoms with Gasteiger partial charge in [0.1, 0.15) is 5.75 Å². The molecule has 0 bridgehead atoms. The van der Waals surface area contributed by atoms with Gasteiger partial charge in [0.05, 0.1) is 12.4 Å². The summed E-state index contributed by atoms with van der Waals surface area (Å²) in [5.74, 6) is 1.61. The van der Waals surface area contributed by atoms with Crippen LogP contribution in [0.1, 0.15) is 26.7 Å². The van der Waals surface area contributed by atoms with E-state index in [0.29, 0.717) is 34.0 Å². The van der Waals surface area contributed by atoms with Crippen LogP contribution in [0.25, 0.3) is 11.4 Å². The molecule has 9 heteroatoms. The Hall–Kier alpha value is -2.22. The number of halogens is 2. The maximum atomic E-state index is 12.3. The van der Waals surface area contributed by atoms with Crippen LogP contribution < -0.4 is 10.1 Å². The van der Waals surface area contributed by atoms with Crippen molar-refractivity contribution in [3.8, 4) is 17.1 Å². The fraction of sp³-hybridized carbons (Fsp3) is 0.318. The molecule has 1 amide bonds. The standard InChI is InChI=1S/C22H24Cl2N4O2S/c1-3-5-10-30-19-8-6-15(7-9-19)21-26-27-22(28(21)4-2)31-14-20(29)25-18-12-16(23)11-17(24)13-18/h6-9,11-13H,3-5,10,14H2,1-2H3,(H,25,29). The van der Waals surface area contributed by atoms with Gasteiger partial charge in [0.2, 0.25) is 5.91 Å². The average Bonchev–Trinajstić information content (AvgIpc) is 3.15. The molecule has 6 nitrogen and oxygen atoms in total. The smallest absolute Gasteiger partial charge is 0.234 e. The Morgan fingerprint density at radius 2 is 1.81 bits per heavy atom. The molecular weight excluding hydrogens is 455 g/mol. The van der Waals surface area contributed by atoms with E-state index in [4.69, 9.17) is 27.9 Å². The molecule has 0 aliphatic carbocycles. The van der Waals surface area contributed by atoms with E-state index < -0.39 is 0 Å². The molecule has 0 spiro atoms. The minimum absolute atomic E-state index is 0.177. The predicted octanol–water partition coefficient (Wildman–Crippen LogP) is 6.18. The van der Waals surface area contributed by atoms with Crippen molar-refractivity contribution in [2.45, 2.75) is 38.4 Å². The van der Waals surface area contributed by atoms with Crippen molar-refractivity contribution in [2.24, 2.45) is 0 Å². The van der Waals surface area contributed by atoms with Crippen molar-refractivity contribution in [3.05, 3.63) is 52.5 Å². The van der Waals surface area contributed by atoms with Crippen molar-refractivity contribution in [1.29, 1.82) is 0 Å². The Labute approximate surface area is 196 Å². The number of amides is 1. The summed E-state index contributed by atoms with van der Waals surface area (Å²) in [5.41, 5.74) is 1.50. The molecule has 164 valence electrons. The molecule has 3 aromatic rings. The molecule has 1 heterocycles. The summed E-state index contributed by atoms with van der Waals surface area (Å²) in [4.78, 5) is 12.3. The zero-order chi connectivity index (χ0) is 22.2. The van der Waals surface area contributed by atoms with Crippen LogP contribution in [0.3, 0.4) is 0 Å². The summed E-state index contributed by atoms with van der Waals surface area (Å²) in [7, 11) is 0. The van der Waals surface area contributed by atoms with Crippen molar-refractivity contribution < 1.29 is 9.53 Å². The maximum absolute atomic E-state index is 12.3. The number of nitrogens with one attached hydrogen (secondary N) is 1. The van der Waals surface area contributed by atoms with Gasteiger partial charge in [0.15, 0.2) is 11.0 Å². The highest BCUT2D eigenvalue weighted by Gasteiger charge is 2.15. The van der Waals surface area contributed by atoms with Gasteiger partial charge >= 0.3 is 0 Å². The fourth-order valence-electron chi connectivity index (χ4n) is 2.88. The lowest BCUT2D eigenvalue weighted by atomic mass is 10.2. The van der Waals surface area contributed by atoms with Gasteiger partial charge in [-0.1, -0.05) is 48.3 Å². The number of carbonyl (C=O) groups excluding carboxylic acids is 1. The highest BCUT2D eigenvalue weighted by atomic mass is 35.5. The largest absolute Gasteiger partial charge is 0.494 e. The second kappa shape index (κ2) is 11.4. The minimum Gasteiger partial charge on any atom is -0.494 e. The van der Waals surface area contributed by atoms with Crippen LogP contribution in [0.2, 0.25) is 10.0 Å². The van der Waals surface area contributed by atoms with E-state index in [9.17, 15) is 4.79 Å². The summed E-state index contributed by atoms with van der Waals surface area (Å²) in [6.45, 7) is 5.56. The zero-order valence-corrected chi connectivity index (χ0v) is 19.7. The molecule has 0 aliphatic rings. The van der Waals surface area contributed by atoms with E-state index in [1.807, 2.05) is 35.8 Å². The predicted molar refractivity (Wildman–Crippen MR) is 127 cm³/mol. The number of hydrogen-bond acceptors (Lipinski definition) is 5. The van der Waals surface area contributed by atoms with E-state index >= 15 is 0 Å². The van der Waals surface area contributed by atoms with Gasteiger partial charge in [0.25, 0.3) is 0 Å². The Balaban J connectivity index is 1.63. The Kier molecular flexibility index (Phi) is 8.63. The van der Waals surface area contributed by atoms with Crippen LogP contribution >= 0.6 is 35.0 Å². The molecule has 1 N–H and O–H groups in total. The summed E-state index contributed by atoms with van der Waals surface area (Å²) >= 11 is 13.3. The van der Waals surface area contributed by atoms with Crippen molar-refractivity contribution in [3.63, 3.8) is 0 Å². The van der Waals surface area contributed by atoms with Crippen molar-refractivity contribution in [1.82, 2.24) is 14.8 Å². The average molecular weight is 479 g/mol. The number of anilines is 1. The number of ether oxygens (including phenoxy) is 1. The first kappa shape index (κ1) is 23.4. The van der Waals surface area contributed by atoms with Gasteiger partial charge in [-0.15, -0.1) is 10.2 Å². The van der Waals surface area contributed by atoms with Crippen LogP contribution in [0, 0.1) is 0 Å². The molecule has 2 aromatic carbocycles. The summed E-state index contributed by atoms with van der Waals surface area (Å²) in [5, 5.41) is 13.0. The van der Waals surface area contributed by atoms with Crippen LogP contribution in [-0.4, -0.2) is 33.0 Å². The fourth-order valence-corrected chi connectivity index (χ4v) is 4.21. The van der Waals surface area contributed by atoms with Gasteiger partial charge in [0, 0.05) is 27.8 Å². The maximum Gasteiger partial charge on any atom is 0.234 e. The third kappa shape index (κ3) is 6.63. The molecule has 0 aliphatic heterocycles. The molecule has 1 aromatic heterocycles. The number of benzene rings is 2. The number of rotatable bonds is 10. The van der Waals surface area contributed by atoms with E-state index in [1.54, 1.807) is 18.2 Å². The summed E-state index contributed by atoms with van der Waals surface area (Å²) in [6.07, 6.45) is 2.13. The number of carbonyl (C=O) groups is 1. The van der Waals surface area contributed by atoms with E-state index in [1.165, 1.54) is 11.8 Å². The number of hydrogen-bond donors (Lipinski definition) is 1. The second-order valence-electron chi connectivity index (χ2n) is 6.77. The molecular formula is C22H24Cl2N4O2S. The highest BCUT2D eigenvalue weighted by Crippen LogP contribution is 2.26. The number of nitrogens with zero attached hydrogens (tertiary/aromatic N) is 3. The van der Waals surface area contributed by atoms with E-state index in [0.717, 1.165) is 30.0 Å². The van der Waals surface area contributed by atoms with Gasteiger partial charge in [-0.25, -0.2) is 0 Å². The van der Waals surface area contributed by atoms with Crippen LogP contribution in [0.5, 0.6) is 5.75 Å². The van der Waals surface area contributed by atoms with Gasteiger partial charge in [-0.3, -0.25) is 4.79 Å². The third-order valence-corrected chi connectivity index (χ3v) is 5.79. The SMILES string of the molecule is CCCCOc1ccc(-c2nnc(SCC(=O)Nc3cc(Cl)cc(Cl)c3)n2CC)cc1. The van der Waals surface area contributed by atoms with Crippen LogP contribution in [-0.2, 0) is 11.3 Å². The molecule has 0 saturated carbocycles. The lowest BCUT2D eigenvalue weighted by Gasteiger charge is -2.09. The minimum atomic E-state index is -0.177. The lowest BCUT2D eigenvalue weighted by molar-refractivity contribution is -0.113. The third-order valence-electron chi connectivity index (χ3n) is 4.39. The molecule has 0 fully saturated rings. The zero-order valence-electron chi connectivity index (χ0n) is 17.4. The lowest BCUT2D eigenvalue weighted by Crippen LogP contribution is -2.14. The number of unbranched alkanes of at least 4 members (excludes halogenated alkanes) is 1. The van der Waals surface area contributed by atoms with Crippen molar-refractivity contribution >= 4 is 46.6 Å². The molecule has 31 heavy (non-hydrogen) atoms. The Bertz CT molecular complexity index is 1000. The van der Waals surface area contributed by atoms with Crippen LogP contribution in [0.4, 0.5) is 5.69 Å². The molecule has 0 unspecified atom stereocenters. The van der Waals surface area contributed by atoms with E-state index in [-0.39, 0.29) is 11.7 Å². The normalized spacial score (nSPS) is 10.8. The quantitative estimate of drug-likeness (QED) is 0.278. The first-order chi connectivity index (χ1) is 15.0. The number of thioether (sulfide) groups is 1. The van der Waals surface area contributed by atoms with Gasteiger partial charge in [-0.05, 0) is 55.8 Å². The first-order valence-corrected chi connectivity index (χ1v) is 11.8. The molecule has 0 atom stereocenters. The second-order valence-corrected chi connectivity index (χ2v) is 8.59. The summed E-state index contributed by atoms with van der Waals surface area (Å²) in [6, 6.07) is 12.7. The van der Waals surface area contributed by atoms with Crippen molar-refractivity contribution in [2.75, 3.05) is 17.7 Å². The molecule has 3 rings (SSSR count). The number of aromatic nitrogens is 3.